The van der Waals surface area contributed by atoms with Crippen LogP contribution in [0.2, 0.25) is 0 Å². The fraction of sp³-hybridized carbons (Fsp3) is 0.455. The molecule has 0 aliphatic heterocycles. The molecular weight excluding hydrogens is 246 g/mol. The number of hydrogen-bond donors (Lipinski definition) is 1. The van der Waals surface area contributed by atoms with E-state index in [9.17, 15) is 4.79 Å². The van der Waals surface area contributed by atoms with Crippen LogP contribution >= 0.6 is 0 Å². The molecule has 1 aliphatic carbocycles. The Hall–Kier alpha value is -2.38. The van der Waals surface area contributed by atoms with E-state index < -0.39 is 0 Å². The van der Waals surface area contributed by atoms with E-state index >= 15 is 0 Å². The van der Waals surface area contributed by atoms with Crippen LogP contribution in [0.15, 0.2) is 18.7 Å². The molecule has 2 heterocycles. The minimum Gasteiger partial charge on any atom is -0.349 e. The Labute approximate surface area is 109 Å². The first-order valence-corrected chi connectivity index (χ1v) is 6.09. The van der Waals surface area contributed by atoms with Crippen LogP contribution in [0.25, 0.3) is 0 Å². The van der Waals surface area contributed by atoms with Gasteiger partial charge in [-0.3, -0.25) is 4.79 Å². The van der Waals surface area contributed by atoms with Gasteiger partial charge in [-0.1, -0.05) is 0 Å². The third-order valence-corrected chi connectivity index (χ3v) is 2.90. The number of nitrogens with one attached hydrogen (secondary N) is 1. The standard InChI is InChI=1S/C11H13N7O/c19-11(5-18-7-15-16-17-18)12-4-9-3-10(8-1-2-8)14-6-13-9/h3,6-8H,1-2,4-5H2,(H,12,19). The van der Waals surface area contributed by atoms with Crippen molar-refractivity contribution >= 4 is 5.91 Å². The highest BCUT2D eigenvalue weighted by atomic mass is 16.2. The second-order valence-corrected chi connectivity index (χ2v) is 4.49. The van der Waals surface area contributed by atoms with Gasteiger partial charge in [-0.2, -0.15) is 0 Å². The molecule has 3 rings (SSSR count). The topological polar surface area (TPSA) is 98.5 Å². The van der Waals surface area contributed by atoms with Gasteiger partial charge in [0.1, 0.15) is 19.2 Å². The van der Waals surface area contributed by atoms with E-state index in [1.807, 2.05) is 6.07 Å². The Bertz CT molecular complexity index is 564. The number of rotatable bonds is 5. The van der Waals surface area contributed by atoms with E-state index in [1.54, 1.807) is 6.33 Å². The van der Waals surface area contributed by atoms with Crippen molar-refractivity contribution in [2.75, 3.05) is 0 Å². The quantitative estimate of drug-likeness (QED) is 0.788. The second-order valence-electron chi connectivity index (χ2n) is 4.49. The zero-order valence-corrected chi connectivity index (χ0v) is 10.2. The zero-order valence-electron chi connectivity index (χ0n) is 10.2. The first-order valence-electron chi connectivity index (χ1n) is 6.09. The molecule has 19 heavy (non-hydrogen) atoms. The van der Waals surface area contributed by atoms with Crippen molar-refractivity contribution < 1.29 is 4.79 Å². The summed E-state index contributed by atoms with van der Waals surface area (Å²) in [6.07, 6.45) is 5.34. The van der Waals surface area contributed by atoms with Crippen LogP contribution in [-0.2, 0) is 17.9 Å². The summed E-state index contributed by atoms with van der Waals surface area (Å²) in [5.74, 6) is 0.428. The maximum Gasteiger partial charge on any atom is 0.242 e. The van der Waals surface area contributed by atoms with Gasteiger partial charge in [-0.25, -0.2) is 14.6 Å². The monoisotopic (exact) mass is 259 g/mol. The summed E-state index contributed by atoms with van der Waals surface area (Å²) in [5, 5.41) is 13.3. The molecule has 1 aliphatic rings. The molecule has 1 N–H and O–H groups in total. The summed E-state index contributed by atoms with van der Waals surface area (Å²) in [5.41, 5.74) is 1.89. The largest absolute Gasteiger partial charge is 0.349 e. The number of amides is 1. The molecule has 2 aromatic rings. The van der Waals surface area contributed by atoms with E-state index in [-0.39, 0.29) is 12.5 Å². The van der Waals surface area contributed by atoms with Crippen molar-refractivity contribution in [3.8, 4) is 0 Å². The first-order chi connectivity index (χ1) is 9.31. The lowest BCUT2D eigenvalue weighted by atomic mass is 10.2. The summed E-state index contributed by atoms with van der Waals surface area (Å²) in [6.45, 7) is 0.497. The van der Waals surface area contributed by atoms with Gasteiger partial charge < -0.3 is 5.32 Å². The smallest absolute Gasteiger partial charge is 0.242 e. The Morgan fingerprint density at radius 1 is 1.42 bits per heavy atom. The summed E-state index contributed by atoms with van der Waals surface area (Å²) in [4.78, 5) is 20.0. The SMILES string of the molecule is O=C(Cn1cnnn1)NCc1cc(C2CC2)ncn1. The van der Waals surface area contributed by atoms with E-state index in [1.165, 1.54) is 23.9 Å². The lowest BCUT2D eigenvalue weighted by Crippen LogP contribution is -2.27. The Morgan fingerprint density at radius 3 is 3.05 bits per heavy atom. The van der Waals surface area contributed by atoms with Crippen LogP contribution in [0.4, 0.5) is 0 Å². The minimum absolute atomic E-state index is 0.105. The molecule has 0 aromatic carbocycles. The van der Waals surface area contributed by atoms with Crippen LogP contribution in [0.3, 0.4) is 0 Å². The summed E-state index contributed by atoms with van der Waals surface area (Å²) in [7, 11) is 0. The molecule has 8 heteroatoms. The molecule has 0 spiro atoms. The molecule has 1 amide bonds. The number of tetrazole rings is 1. The predicted molar refractivity (Wildman–Crippen MR) is 63.7 cm³/mol. The normalized spacial score (nSPS) is 14.3. The summed E-state index contributed by atoms with van der Waals surface area (Å²) in [6, 6.07) is 1.95. The Kier molecular flexibility index (Phi) is 3.13. The molecule has 2 aromatic heterocycles. The number of hydrogen-bond acceptors (Lipinski definition) is 6. The fourth-order valence-electron chi connectivity index (χ4n) is 1.76. The number of nitrogens with zero attached hydrogens (tertiary/aromatic N) is 6. The van der Waals surface area contributed by atoms with Crippen molar-refractivity contribution in [1.82, 2.24) is 35.5 Å². The molecule has 1 fully saturated rings. The van der Waals surface area contributed by atoms with Crippen molar-refractivity contribution in [2.24, 2.45) is 0 Å². The molecular formula is C11H13N7O. The highest BCUT2D eigenvalue weighted by Gasteiger charge is 2.25. The van der Waals surface area contributed by atoms with Gasteiger partial charge in [-0.15, -0.1) is 5.10 Å². The number of carbonyl (C=O) groups excluding carboxylic acids is 1. The highest BCUT2D eigenvalue weighted by Crippen LogP contribution is 2.38. The van der Waals surface area contributed by atoms with Gasteiger partial charge in [-0.05, 0) is 29.3 Å². The van der Waals surface area contributed by atoms with E-state index in [2.05, 4.69) is 30.8 Å². The molecule has 8 nitrogen and oxygen atoms in total. The van der Waals surface area contributed by atoms with Gasteiger partial charge in [0.15, 0.2) is 0 Å². The molecule has 0 bridgehead atoms. The second kappa shape index (κ2) is 5.09. The van der Waals surface area contributed by atoms with Gasteiger partial charge in [0.2, 0.25) is 5.91 Å². The van der Waals surface area contributed by atoms with Gasteiger partial charge in [0.05, 0.1) is 12.2 Å². The lowest BCUT2D eigenvalue weighted by molar-refractivity contribution is -0.122. The van der Waals surface area contributed by atoms with E-state index in [4.69, 9.17) is 0 Å². The maximum absolute atomic E-state index is 11.6. The first kappa shape index (κ1) is 11.7. The van der Waals surface area contributed by atoms with E-state index in [0.29, 0.717) is 12.5 Å². The maximum atomic E-state index is 11.6. The molecule has 0 atom stereocenters. The fourth-order valence-corrected chi connectivity index (χ4v) is 1.76. The predicted octanol–water partition coefficient (Wildman–Crippen LogP) is -0.343. The van der Waals surface area contributed by atoms with Crippen LogP contribution in [0.5, 0.6) is 0 Å². The average molecular weight is 259 g/mol. The van der Waals surface area contributed by atoms with Gasteiger partial charge in [0, 0.05) is 11.6 Å². The number of carbonyl (C=O) groups is 1. The summed E-state index contributed by atoms with van der Waals surface area (Å²) < 4.78 is 1.37. The van der Waals surface area contributed by atoms with Gasteiger partial charge in [0.25, 0.3) is 0 Å². The molecule has 0 unspecified atom stereocenters. The Balaban J connectivity index is 1.53. The van der Waals surface area contributed by atoms with Crippen LogP contribution in [0, 0.1) is 0 Å². The number of aromatic nitrogens is 6. The third kappa shape index (κ3) is 3.09. The summed E-state index contributed by atoms with van der Waals surface area (Å²) >= 11 is 0. The van der Waals surface area contributed by atoms with Crippen molar-refractivity contribution in [2.45, 2.75) is 31.8 Å². The third-order valence-electron chi connectivity index (χ3n) is 2.90. The Morgan fingerprint density at radius 2 is 2.32 bits per heavy atom. The van der Waals surface area contributed by atoms with Crippen molar-refractivity contribution in [3.63, 3.8) is 0 Å². The highest BCUT2D eigenvalue weighted by molar-refractivity contribution is 5.75. The molecule has 0 saturated heterocycles. The average Bonchev–Trinajstić information content (AvgIpc) is 3.16. The van der Waals surface area contributed by atoms with Crippen LogP contribution < -0.4 is 5.32 Å². The van der Waals surface area contributed by atoms with Crippen molar-refractivity contribution in [3.05, 3.63) is 30.1 Å². The van der Waals surface area contributed by atoms with Crippen molar-refractivity contribution in [1.29, 1.82) is 0 Å². The molecule has 0 radical (unpaired) electrons. The van der Waals surface area contributed by atoms with Crippen LogP contribution in [0.1, 0.15) is 30.1 Å². The minimum atomic E-state index is -0.154. The van der Waals surface area contributed by atoms with Gasteiger partial charge >= 0.3 is 0 Å². The molecule has 98 valence electrons. The molecule has 1 saturated carbocycles. The van der Waals surface area contributed by atoms with E-state index in [0.717, 1.165) is 11.4 Å². The van der Waals surface area contributed by atoms with Crippen LogP contribution in [-0.4, -0.2) is 36.1 Å². The zero-order chi connectivity index (χ0) is 13.1. The lowest BCUT2D eigenvalue weighted by Gasteiger charge is -2.05.